The van der Waals surface area contributed by atoms with Crippen LogP contribution in [0.4, 0.5) is 0 Å². The molecule has 3 aliphatic heterocycles. The first-order chi connectivity index (χ1) is 12.4. The van der Waals surface area contributed by atoms with Crippen LogP contribution >= 0.6 is 0 Å². The van der Waals surface area contributed by atoms with Crippen LogP contribution in [0.15, 0.2) is 16.2 Å². The number of aryl methyl sites for hydroxylation is 2. The van der Waals surface area contributed by atoms with E-state index in [1.54, 1.807) is 0 Å². The Hall–Kier alpha value is -2.11. The summed E-state index contributed by atoms with van der Waals surface area (Å²) in [6.45, 7) is 9.74. The van der Waals surface area contributed by atoms with Gasteiger partial charge in [-0.1, -0.05) is 16.8 Å². The molecule has 4 rings (SSSR count). The van der Waals surface area contributed by atoms with Crippen molar-refractivity contribution in [3.05, 3.63) is 28.7 Å². The largest absolute Gasteiger partial charge is 0.361 e. The average Bonchev–Trinajstić information content (AvgIpc) is 2.78. The molecule has 0 N–H and O–H groups in total. The van der Waals surface area contributed by atoms with Crippen LogP contribution < -0.4 is 0 Å². The molecule has 0 spiro atoms. The van der Waals surface area contributed by atoms with Gasteiger partial charge in [0.25, 0.3) is 0 Å². The van der Waals surface area contributed by atoms with E-state index in [0.29, 0.717) is 32.5 Å². The Morgan fingerprint density at radius 1 is 1.27 bits per heavy atom. The van der Waals surface area contributed by atoms with E-state index in [9.17, 15) is 9.59 Å². The summed E-state index contributed by atoms with van der Waals surface area (Å²) in [5.41, 5.74) is 3.09. The highest BCUT2D eigenvalue weighted by Gasteiger charge is 2.41. The molecule has 0 radical (unpaired) electrons. The molecule has 4 heterocycles. The van der Waals surface area contributed by atoms with Crippen molar-refractivity contribution in [2.24, 2.45) is 5.92 Å². The van der Waals surface area contributed by atoms with E-state index in [2.05, 4.69) is 11.2 Å². The first kappa shape index (κ1) is 18.7. The van der Waals surface area contributed by atoms with Gasteiger partial charge in [-0.05, 0) is 47.0 Å². The number of piperidine rings is 1. The van der Waals surface area contributed by atoms with Crippen LogP contribution in [0.2, 0.25) is 0 Å². The van der Waals surface area contributed by atoms with Gasteiger partial charge in [-0.3, -0.25) is 9.59 Å². The van der Waals surface area contributed by atoms with E-state index in [1.807, 2.05) is 37.5 Å². The Labute approximate surface area is 155 Å². The predicted octanol–water partition coefficient (Wildman–Crippen LogP) is 2.64. The molecule has 2 bridgehead atoms. The van der Waals surface area contributed by atoms with Crippen LogP contribution in [-0.2, 0) is 16.0 Å². The maximum atomic E-state index is 12.8. The van der Waals surface area contributed by atoms with Gasteiger partial charge >= 0.3 is 0 Å². The third kappa shape index (κ3) is 3.84. The molecule has 1 aromatic heterocycles. The topological polar surface area (TPSA) is 66.7 Å². The first-order valence-electron chi connectivity index (χ1n) is 9.50. The molecule has 6 nitrogen and oxygen atoms in total. The number of aromatic nitrogens is 1. The fourth-order valence-electron chi connectivity index (χ4n) is 4.01. The lowest BCUT2D eigenvalue weighted by atomic mass is 9.94. The lowest BCUT2D eigenvalue weighted by Gasteiger charge is -2.35. The Balaban J connectivity index is 1.66. The summed E-state index contributed by atoms with van der Waals surface area (Å²) in [4.78, 5) is 29.4. The molecular formula is C20H29N3O3. The van der Waals surface area contributed by atoms with Crippen molar-refractivity contribution < 1.29 is 14.1 Å². The zero-order chi connectivity index (χ0) is 18.8. The van der Waals surface area contributed by atoms with Gasteiger partial charge in [0.05, 0.1) is 11.6 Å². The monoisotopic (exact) mass is 359 g/mol. The van der Waals surface area contributed by atoms with Gasteiger partial charge in [0, 0.05) is 37.7 Å². The van der Waals surface area contributed by atoms with Gasteiger partial charge in [0.1, 0.15) is 5.76 Å². The lowest BCUT2D eigenvalue weighted by molar-refractivity contribution is -0.139. The number of fused-ring (bicyclic) bond motifs is 4. The minimum Gasteiger partial charge on any atom is -0.361 e. The zero-order valence-electron chi connectivity index (χ0n) is 16.2. The van der Waals surface area contributed by atoms with E-state index < -0.39 is 0 Å². The van der Waals surface area contributed by atoms with E-state index in [1.165, 1.54) is 5.57 Å². The fraction of sp³-hybridized carbons (Fsp3) is 0.650. The Morgan fingerprint density at radius 2 is 2.04 bits per heavy atom. The number of nitrogens with zero attached hydrogens (tertiary/aromatic N) is 3. The molecule has 3 saturated heterocycles. The van der Waals surface area contributed by atoms with Gasteiger partial charge in [0.2, 0.25) is 11.8 Å². The average molecular weight is 359 g/mol. The number of carbonyl (C=O) groups excluding carboxylic acids is 2. The number of hydrogen-bond donors (Lipinski definition) is 0. The van der Waals surface area contributed by atoms with E-state index >= 15 is 0 Å². The molecule has 3 fully saturated rings. The maximum Gasteiger partial charge on any atom is 0.228 e. The number of allylic oxidation sites excluding steroid dienone is 1. The number of hydrogen-bond acceptors (Lipinski definition) is 4. The quantitative estimate of drug-likeness (QED) is 0.758. The molecule has 3 aliphatic rings. The summed E-state index contributed by atoms with van der Waals surface area (Å²) in [6.07, 6.45) is 5.05. The normalized spacial score (nSPS) is 22.5. The Bertz CT molecular complexity index is 698. The Morgan fingerprint density at radius 3 is 2.69 bits per heavy atom. The highest BCUT2D eigenvalue weighted by molar-refractivity contribution is 5.83. The standard InChI is InChI=1S/C20H29N3O3/c1-13(2)9-10-23-17-6-5-16(20(23)25)11-22(12-17)19(24)8-7-18-14(3)21-26-15(18)4/h9,16-17H,5-8,10-12H2,1-4H3. The molecule has 26 heavy (non-hydrogen) atoms. The van der Waals surface area contributed by atoms with Gasteiger partial charge in [-0.25, -0.2) is 0 Å². The number of carbonyl (C=O) groups is 2. The van der Waals surface area contributed by atoms with Gasteiger partial charge in [-0.15, -0.1) is 0 Å². The third-order valence-corrected chi connectivity index (χ3v) is 5.61. The number of rotatable bonds is 5. The second kappa shape index (κ2) is 7.64. The summed E-state index contributed by atoms with van der Waals surface area (Å²) in [6, 6.07) is 0.139. The summed E-state index contributed by atoms with van der Waals surface area (Å²) in [7, 11) is 0. The highest BCUT2D eigenvalue weighted by atomic mass is 16.5. The molecule has 2 atom stereocenters. The van der Waals surface area contributed by atoms with Crippen molar-refractivity contribution in [1.29, 1.82) is 0 Å². The smallest absolute Gasteiger partial charge is 0.228 e. The lowest BCUT2D eigenvalue weighted by Crippen LogP contribution is -2.48. The van der Waals surface area contributed by atoms with E-state index in [-0.39, 0.29) is 23.8 Å². The third-order valence-electron chi connectivity index (χ3n) is 5.61. The molecule has 142 valence electrons. The van der Waals surface area contributed by atoms with Crippen molar-refractivity contribution in [2.45, 2.75) is 59.4 Å². The van der Waals surface area contributed by atoms with Crippen LogP contribution in [-0.4, -0.2) is 52.4 Å². The van der Waals surface area contributed by atoms with Crippen molar-refractivity contribution in [3.8, 4) is 0 Å². The maximum absolute atomic E-state index is 12.8. The van der Waals surface area contributed by atoms with Crippen LogP contribution in [0.3, 0.4) is 0 Å². The minimum absolute atomic E-state index is 0.0534. The molecule has 2 amide bonds. The molecule has 0 aliphatic carbocycles. The Kier molecular flexibility index (Phi) is 5.49. The van der Waals surface area contributed by atoms with Crippen molar-refractivity contribution in [1.82, 2.24) is 15.0 Å². The zero-order valence-corrected chi connectivity index (χ0v) is 16.2. The van der Waals surface area contributed by atoms with E-state index in [0.717, 1.165) is 29.9 Å². The van der Waals surface area contributed by atoms with E-state index in [4.69, 9.17) is 4.52 Å². The van der Waals surface area contributed by atoms with Crippen LogP contribution in [0.25, 0.3) is 0 Å². The predicted molar refractivity (Wildman–Crippen MR) is 98.5 cm³/mol. The minimum atomic E-state index is -0.0534. The SMILES string of the molecule is CC(C)=CCN1C(=O)C2CCC1CN(C(=O)CCc1c(C)noc1C)C2. The second-order valence-electron chi connectivity index (χ2n) is 7.80. The molecule has 1 aromatic rings. The highest BCUT2D eigenvalue weighted by Crippen LogP contribution is 2.29. The van der Waals surface area contributed by atoms with Gasteiger partial charge in [-0.2, -0.15) is 0 Å². The van der Waals surface area contributed by atoms with Gasteiger partial charge < -0.3 is 14.3 Å². The molecule has 0 saturated carbocycles. The second-order valence-corrected chi connectivity index (χ2v) is 7.80. The summed E-state index contributed by atoms with van der Waals surface area (Å²) >= 11 is 0. The number of amides is 2. The molecular weight excluding hydrogens is 330 g/mol. The van der Waals surface area contributed by atoms with Crippen LogP contribution in [0, 0.1) is 19.8 Å². The van der Waals surface area contributed by atoms with Gasteiger partial charge in [0.15, 0.2) is 0 Å². The summed E-state index contributed by atoms with van der Waals surface area (Å²) in [5, 5.41) is 3.95. The van der Waals surface area contributed by atoms with Crippen LogP contribution in [0.1, 0.15) is 50.1 Å². The molecule has 6 heteroatoms. The van der Waals surface area contributed by atoms with Crippen molar-refractivity contribution in [2.75, 3.05) is 19.6 Å². The van der Waals surface area contributed by atoms with Crippen molar-refractivity contribution in [3.63, 3.8) is 0 Å². The van der Waals surface area contributed by atoms with Crippen LogP contribution in [0.5, 0.6) is 0 Å². The molecule has 2 unspecified atom stereocenters. The fourth-order valence-corrected chi connectivity index (χ4v) is 4.01. The summed E-state index contributed by atoms with van der Waals surface area (Å²) in [5.74, 6) is 1.06. The summed E-state index contributed by atoms with van der Waals surface area (Å²) < 4.78 is 5.18. The van der Waals surface area contributed by atoms with Crippen molar-refractivity contribution >= 4 is 11.8 Å². The first-order valence-corrected chi connectivity index (χ1v) is 9.50. The molecule has 0 aromatic carbocycles.